The number of aliphatic hydroxyl groups excluding tert-OH is 4. The lowest BCUT2D eigenvalue weighted by Crippen LogP contribution is -2.58. The van der Waals surface area contributed by atoms with Crippen LogP contribution < -0.4 is 0 Å². The van der Waals surface area contributed by atoms with Crippen LogP contribution in [-0.2, 0) is 4.74 Å². The predicted molar refractivity (Wildman–Crippen MR) is 36.0 cm³/mol. The van der Waals surface area contributed by atoms with Crippen molar-refractivity contribution >= 4 is 0 Å². The van der Waals surface area contributed by atoms with Crippen LogP contribution in [0.3, 0.4) is 0 Å². The van der Waals surface area contributed by atoms with Gasteiger partial charge in [-0.2, -0.15) is 0 Å². The van der Waals surface area contributed by atoms with Gasteiger partial charge in [-0.1, -0.05) is 0 Å². The molecular formula is C6H12O6. The van der Waals surface area contributed by atoms with Crippen molar-refractivity contribution in [2.45, 2.75) is 30.7 Å². The molecule has 1 saturated heterocycles. The Labute approximate surface area is 70.0 Å². The number of rotatable bonds is 1. The van der Waals surface area contributed by atoms with E-state index >= 15 is 0 Å². The van der Waals surface area contributed by atoms with E-state index in [4.69, 9.17) is 21.8 Å². The van der Waals surface area contributed by atoms with E-state index < -0.39 is 37.3 Å². The second-order valence-corrected chi connectivity index (χ2v) is 2.56. The molecule has 0 aromatic rings. The molecule has 0 aromatic heterocycles. The second kappa shape index (κ2) is 3.65. The van der Waals surface area contributed by atoms with E-state index in [1.165, 1.54) is 0 Å². The Hall–Kier alpha value is -0.240. The van der Waals surface area contributed by atoms with Gasteiger partial charge in [0.25, 0.3) is 0 Å². The maximum absolute atomic E-state index is 9.25. The molecule has 6 nitrogen and oxygen atoms in total. The first kappa shape index (κ1) is 8.36. The third-order valence-corrected chi connectivity index (χ3v) is 1.72. The topological polar surface area (TPSA) is 110 Å². The smallest absolute Gasteiger partial charge is 0.184 e. The van der Waals surface area contributed by atoms with Gasteiger partial charge in [-0.3, -0.25) is 0 Å². The van der Waals surface area contributed by atoms with Crippen LogP contribution >= 0.6 is 0 Å². The molecule has 72 valence electrons. The molecule has 1 aliphatic heterocycles. The lowest BCUT2D eigenvalue weighted by atomic mass is 10.00. The van der Waals surface area contributed by atoms with Crippen LogP contribution in [0.1, 0.15) is 1.37 Å². The third kappa shape index (κ3) is 1.58. The highest BCUT2D eigenvalue weighted by Crippen LogP contribution is 2.18. The van der Waals surface area contributed by atoms with E-state index in [1.54, 1.807) is 0 Å². The van der Waals surface area contributed by atoms with Crippen molar-refractivity contribution in [2.75, 3.05) is 6.61 Å². The van der Waals surface area contributed by atoms with E-state index in [1.807, 2.05) is 0 Å². The molecule has 1 fully saturated rings. The van der Waals surface area contributed by atoms with Crippen LogP contribution in [0.2, 0.25) is 0 Å². The molecule has 0 spiro atoms. The van der Waals surface area contributed by atoms with Crippen molar-refractivity contribution in [2.24, 2.45) is 0 Å². The van der Waals surface area contributed by atoms with Gasteiger partial charge in [0.15, 0.2) is 6.29 Å². The van der Waals surface area contributed by atoms with Gasteiger partial charge in [0, 0.05) is 0 Å². The number of aliphatic hydroxyl groups is 5. The molecule has 0 amide bonds. The standard InChI is InChI=1S/C6H12O6/c7-1-2-3(8)4(9)5(10)6(11)12-2/h2-11H,1H2/t2-,3-,4-,5-,6?/m1/s1/i3D. The average Bonchev–Trinajstić information content (AvgIpc) is 2.08. The Kier molecular flexibility index (Phi) is 2.54. The Morgan fingerprint density at radius 1 is 1.17 bits per heavy atom. The first-order valence-corrected chi connectivity index (χ1v) is 3.44. The van der Waals surface area contributed by atoms with E-state index in [9.17, 15) is 5.11 Å². The van der Waals surface area contributed by atoms with E-state index in [0.29, 0.717) is 0 Å². The number of hydrogen-bond acceptors (Lipinski definition) is 6. The largest absolute Gasteiger partial charge is 0.394 e. The van der Waals surface area contributed by atoms with Gasteiger partial charge >= 0.3 is 0 Å². The maximum atomic E-state index is 9.25. The molecule has 0 aromatic carbocycles. The maximum Gasteiger partial charge on any atom is 0.184 e. The van der Waals surface area contributed by atoms with Crippen LogP contribution in [0.25, 0.3) is 0 Å². The molecule has 1 aliphatic rings. The van der Waals surface area contributed by atoms with Crippen LogP contribution in [0.15, 0.2) is 0 Å². The summed E-state index contributed by atoms with van der Waals surface area (Å²) in [6.45, 7) is -0.735. The Balaban J connectivity index is 2.82. The molecule has 0 bridgehead atoms. The van der Waals surface area contributed by atoms with Gasteiger partial charge < -0.3 is 30.3 Å². The fraction of sp³-hybridized carbons (Fsp3) is 1.00. The molecule has 0 aliphatic carbocycles. The molecule has 5 atom stereocenters. The molecular weight excluding hydrogens is 168 g/mol. The first-order chi connectivity index (χ1) is 5.91. The molecule has 6 heteroatoms. The second-order valence-electron chi connectivity index (χ2n) is 2.56. The first-order valence-electron chi connectivity index (χ1n) is 3.94. The zero-order chi connectivity index (χ0) is 10.2. The molecule has 0 radical (unpaired) electrons. The summed E-state index contributed by atoms with van der Waals surface area (Å²) in [6.07, 6.45) is -9.31. The van der Waals surface area contributed by atoms with Gasteiger partial charge in [-0.05, 0) is 0 Å². The zero-order valence-corrected chi connectivity index (χ0v) is 6.16. The van der Waals surface area contributed by atoms with Crippen molar-refractivity contribution in [3.05, 3.63) is 0 Å². The average molecular weight is 181 g/mol. The van der Waals surface area contributed by atoms with Crippen molar-refractivity contribution in [1.29, 1.82) is 0 Å². The molecule has 1 heterocycles. The molecule has 1 unspecified atom stereocenters. The molecule has 1 rings (SSSR count). The SMILES string of the molecule is [2H][C@@]1(O)[C@@H](CO)OC(O)[C@H](O)[C@@H]1O. The van der Waals surface area contributed by atoms with Crippen molar-refractivity contribution in [1.82, 2.24) is 0 Å². The minimum absolute atomic E-state index is 0.735. The van der Waals surface area contributed by atoms with Gasteiger partial charge in [0.05, 0.1) is 7.98 Å². The lowest BCUT2D eigenvalue weighted by Gasteiger charge is -2.37. The summed E-state index contributed by atoms with van der Waals surface area (Å²) in [4.78, 5) is 0. The van der Waals surface area contributed by atoms with Crippen LogP contribution in [0.4, 0.5) is 0 Å². The minimum atomic E-state index is -2.52. The molecule has 5 N–H and O–H groups in total. The molecule has 0 saturated carbocycles. The van der Waals surface area contributed by atoms with E-state index in [2.05, 4.69) is 4.74 Å². The monoisotopic (exact) mass is 181 g/mol. The summed E-state index contributed by atoms with van der Waals surface area (Å²) < 4.78 is 11.7. The highest BCUT2D eigenvalue weighted by molar-refractivity contribution is 4.87. The number of hydrogen-bond donors (Lipinski definition) is 5. The summed E-state index contributed by atoms with van der Waals surface area (Å²) in [5.74, 6) is 0. The molecule has 12 heavy (non-hydrogen) atoms. The Morgan fingerprint density at radius 2 is 1.75 bits per heavy atom. The lowest BCUT2D eigenvalue weighted by molar-refractivity contribution is -0.286. The van der Waals surface area contributed by atoms with Crippen molar-refractivity contribution in [3.63, 3.8) is 0 Å². The summed E-state index contributed by atoms with van der Waals surface area (Å²) in [5, 5.41) is 45.0. The van der Waals surface area contributed by atoms with Crippen molar-refractivity contribution < 1.29 is 31.6 Å². The Bertz CT molecular complexity index is 182. The van der Waals surface area contributed by atoms with Gasteiger partial charge in [-0.25, -0.2) is 0 Å². The summed E-state index contributed by atoms with van der Waals surface area (Å²) in [7, 11) is 0. The fourth-order valence-corrected chi connectivity index (χ4v) is 0.976. The van der Waals surface area contributed by atoms with Gasteiger partial charge in [0.2, 0.25) is 0 Å². The van der Waals surface area contributed by atoms with E-state index in [-0.39, 0.29) is 0 Å². The van der Waals surface area contributed by atoms with Crippen LogP contribution in [0, 0.1) is 0 Å². The van der Waals surface area contributed by atoms with Crippen LogP contribution in [0.5, 0.6) is 0 Å². The highest BCUT2D eigenvalue weighted by Gasteiger charge is 2.42. The summed E-state index contributed by atoms with van der Waals surface area (Å²) in [6, 6.07) is 0. The van der Waals surface area contributed by atoms with Gasteiger partial charge in [-0.15, -0.1) is 0 Å². The predicted octanol–water partition coefficient (Wildman–Crippen LogP) is -3.22. The number of ether oxygens (including phenoxy) is 1. The van der Waals surface area contributed by atoms with Crippen LogP contribution in [-0.4, -0.2) is 62.8 Å². The van der Waals surface area contributed by atoms with Crippen molar-refractivity contribution in [3.8, 4) is 0 Å². The van der Waals surface area contributed by atoms with E-state index in [0.717, 1.165) is 0 Å². The highest BCUT2D eigenvalue weighted by atomic mass is 16.6. The van der Waals surface area contributed by atoms with Gasteiger partial charge in [0.1, 0.15) is 24.4 Å². The normalized spacial score (nSPS) is 56.6. The Morgan fingerprint density at radius 3 is 2.25 bits per heavy atom. The summed E-state index contributed by atoms with van der Waals surface area (Å²) in [5.41, 5.74) is 0. The fourth-order valence-electron chi connectivity index (χ4n) is 0.976. The zero-order valence-electron chi connectivity index (χ0n) is 7.16. The minimum Gasteiger partial charge on any atom is -0.394 e. The third-order valence-electron chi connectivity index (χ3n) is 1.72. The quantitative estimate of drug-likeness (QED) is 0.291. The summed E-state index contributed by atoms with van der Waals surface area (Å²) >= 11 is 0.